The van der Waals surface area contributed by atoms with Gasteiger partial charge in [0, 0.05) is 19.1 Å². The zero-order chi connectivity index (χ0) is 27.4. The van der Waals surface area contributed by atoms with Gasteiger partial charge in [-0.15, -0.1) is 0 Å². The Bertz CT molecular complexity index is 1150. The van der Waals surface area contributed by atoms with Crippen LogP contribution in [0.4, 0.5) is 4.39 Å². The summed E-state index contributed by atoms with van der Waals surface area (Å²) in [6.07, 6.45) is 0.0939. The molecule has 4 nitrogen and oxygen atoms in total. The van der Waals surface area contributed by atoms with E-state index in [0.29, 0.717) is 13.0 Å². The van der Waals surface area contributed by atoms with Crippen LogP contribution in [0.5, 0.6) is 0 Å². The largest absolute Gasteiger partial charge is 0.405 e. The van der Waals surface area contributed by atoms with E-state index in [0.717, 1.165) is 5.56 Å². The molecule has 202 valence electrons. The minimum absolute atomic E-state index is 0.164. The van der Waals surface area contributed by atoms with E-state index in [1.54, 1.807) is 4.90 Å². The fraction of sp³-hybridized carbons (Fsp3) is 0.406. The van der Waals surface area contributed by atoms with E-state index in [1.807, 2.05) is 56.3 Å². The number of carbonyl (C=O) groups excluding carboxylic acids is 1. The maximum atomic E-state index is 14.0. The van der Waals surface area contributed by atoms with Crippen molar-refractivity contribution >= 4 is 24.6 Å². The monoisotopic (exact) mass is 533 g/mol. The van der Waals surface area contributed by atoms with E-state index in [1.165, 1.54) is 10.4 Å². The molecule has 1 saturated heterocycles. The van der Waals surface area contributed by atoms with Crippen molar-refractivity contribution in [3.8, 4) is 0 Å². The Kier molecular flexibility index (Phi) is 8.55. The summed E-state index contributed by atoms with van der Waals surface area (Å²) in [6.45, 7) is 10.5. The summed E-state index contributed by atoms with van der Waals surface area (Å²) in [5.41, 5.74) is -0.134. The van der Waals surface area contributed by atoms with Crippen molar-refractivity contribution in [1.29, 1.82) is 0 Å². The van der Waals surface area contributed by atoms with Crippen molar-refractivity contribution in [2.75, 3.05) is 13.3 Å². The molecule has 3 aromatic carbocycles. The number of carbonyl (C=O) groups is 1. The van der Waals surface area contributed by atoms with E-state index in [2.05, 4.69) is 69.3 Å². The van der Waals surface area contributed by atoms with Gasteiger partial charge in [-0.2, -0.15) is 0 Å². The lowest BCUT2D eigenvalue weighted by Crippen LogP contribution is -2.68. The lowest BCUT2D eigenvalue weighted by molar-refractivity contribution is -0.183. The molecular weight excluding hydrogens is 493 g/mol. The number of nitrogens with zero attached hydrogens (tertiary/aromatic N) is 1. The molecule has 0 spiro atoms. The van der Waals surface area contributed by atoms with E-state index in [4.69, 9.17) is 9.16 Å². The van der Waals surface area contributed by atoms with Crippen LogP contribution in [0.3, 0.4) is 0 Å². The molecule has 3 unspecified atom stereocenters. The third kappa shape index (κ3) is 5.63. The van der Waals surface area contributed by atoms with Crippen LogP contribution in [0.25, 0.3) is 0 Å². The van der Waals surface area contributed by atoms with Gasteiger partial charge in [-0.05, 0) is 34.8 Å². The van der Waals surface area contributed by atoms with Crippen LogP contribution in [0.1, 0.15) is 46.6 Å². The predicted molar refractivity (Wildman–Crippen MR) is 154 cm³/mol. The maximum Gasteiger partial charge on any atom is 0.261 e. The lowest BCUT2D eigenvalue weighted by atomic mass is 9.93. The van der Waals surface area contributed by atoms with Crippen LogP contribution >= 0.6 is 0 Å². The molecule has 38 heavy (non-hydrogen) atoms. The predicted octanol–water partition coefficient (Wildman–Crippen LogP) is 5.50. The Morgan fingerprint density at radius 1 is 0.974 bits per heavy atom. The van der Waals surface area contributed by atoms with Gasteiger partial charge in [-0.25, -0.2) is 4.39 Å². The topological polar surface area (TPSA) is 38.8 Å². The van der Waals surface area contributed by atoms with Gasteiger partial charge in [-0.1, -0.05) is 112 Å². The first kappa shape index (κ1) is 28.2. The first-order valence-corrected chi connectivity index (χ1v) is 15.4. The molecular formula is C32H40FNO3Si. The second kappa shape index (κ2) is 11.5. The van der Waals surface area contributed by atoms with Crippen LogP contribution in [0.15, 0.2) is 91.0 Å². The average molecular weight is 534 g/mol. The Labute approximate surface area is 227 Å². The fourth-order valence-corrected chi connectivity index (χ4v) is 10.4. The SMILES string of the molecule is CC(CC1(C)OCC(CF)N(Cc2ccccc2)C1=O)O[Si](c1ccccc1)(c1ccccc1)C(C)(C)C. The standard InChI is InChI=1S/C32H40FNO3Si/c1-25(21-32(5)30(35)34(27(22-33)24-36-32)23-26-15-9-6-10-16-26)37-38(31(2,3)4,28-17-11-7-12-18-28)29-19-13-8-14-20-29/h6-20,25,27H,21-24H2,1-5H3. The van der Waals surface area contributed by atoms with Crippen molar-refractivity contribution in [3.05, 3.63) is 96.6 Å². The van der Waals surface area contributed by atoms with Crippen LogP contribution in [0.2, 0.25) is 5.04 Å². The molecule has 1 aliphatic rings. The molecule has 0 aromatic heterocycles. The molecule has 6 heteroatoms. The fourth-order valence-electron chi connectivity index (χ4n) is 5.74. The second-order valence-electron chi connectivity index (χ2n) is 11.6. The quantitative estimate of drug-likeness (QED) is 0.341. The minimum atomic E-state index is -2.79. The highest BCUT2D eigenvalue weighted by Crippen LogP contribution is 2.39. The zero-order valence-corrected chi connectivity index (χ0v) is 24.2. The van der Waals surface area contributed by atoms with Crippen molar-refractivity contribution in [3.63, 3.8) is 0 Å². The van der Waals surface area contributed by atoms with E-state index < -0.39 is 26.6 Å². The number of benzene rings is 3. The van der Waals surface area contributed by atoms with Gasteiger partial charge >= 0.3 is 0 Å². The molecule has 3 aromatic rings. The van der Waals surface area contributed by atoms with Crippen LogP contribution < -0.4 is 10.4 Å². The third-order valence-electron chi connectivity index (χ3n) is 7.59. The smallest absolute Gasteiger partial charge is 0.261 e. The molecule has 1 fully saturated rings. The molecule has 1 heterocycles. The van der Waals surface area contributed by atoms with Gasteiger partial charge < -0.3 is 14.1 Å². The Balaban J connectivity index is 1.65. The summed E-state index contributed by atoms with van der Waals surface area (Å²) in [5, 5.41) is 2.20. The average Bonchev–Trinajstić information content (AvgIpc) is 2.91. The number of morpholine rings is 1. The number of hydrogen-bond donors (Lipinski definition) is 0. The van der Waals surface area contributed by atoms with E-state index >= 15 is 0 Å². The van der Waals surface area contributed by atoms with Crippen molar-refractivity contribution in [2.45, 2.75) is 70.4 Å². The Morgan fingerprint density at radius 2 is 1.47 bits per heavy atom. The van der Waals surface area contributed by atoms with Crippen LogP contribution in [0, 0.1) is 0 Å². The molecule has 0 aliphatic carbocycles. The van der Waals surface area contributed by atoms with Crippen molar-refractivity contribution in [1.82, 2.24) is 4.90 Å². The Morgan fingerprint density at radius 3 is 1.95 bits per heavy atom. The molecule has 1 amide bonds. The highest BCUT2D eigenvalue weighted by Gasteiger charge is 2.53. The lowest BCUT2D eigenvalue weighted by Gasteiger charge is -2.47. The third-order valence-corrected chi connectivity index (χ3v) is 12.8. The molecule has 0 N–H and O–H groups in total. The summed E-state index contributed by atoms with van der Waals surface area (Å²) < 4.78 is 27.3. The normalized spacial score (nSPS) is 21.4. The molecule has 0 bridgehead atoms. The number of halogens is 1. The number of alkyl halides is 1. The van der Waals surface area contributed by atoms with Gasteiger partial charge in [0.2, 0.25) is 0 Å². The number of ether oxygens (including phenoxy) is 1. The van der Waals surface area contributed by atoms with Gasteiger partial charge in [-0.3, -0.25) is 4.79 Å². The molecule has 0 saturated carbocycles. The highest BCUT2D eigenvalue weighted by atomic mass is 28.4. The zero-order valence-electron chi connectivity index (χ0n) is 23.2. The first-order valence-electron chi connectivity index (χ1n) is 13.4. The maximum absolute atomic E-state index is 14.0. The van der Waals surface area contributed by atoms with Crippen LogP contribution in [-0.2, 0) is 20.5 Å². The van der Waals surface area contributed by atoms with E-state index in [9.17, 15) is 9.18 Å². The van der Waals surface area contributed by atoms with E-state index in [-0.39, 0.29) is 23.7 Å². The summed E-state index contributed by atoms with van der Waals surface area (Å²) in [6, 6.07) is 30.1. The van der Waals surface area contributed by atoms with Crippen molar-refractivity contribution in [2.24, 2.45) is 0 Å². The van der Waals surface area contributed by atoms with Crippen molar-refractivity contribution < 1.29 is 18.3 Å². The summed E-state index contributed by atoms with van der Waals surface area (Å²) in [4.78, 5) is 15.5. The summed E-state index contributed by atoms with van der Waals surface area (Å²) in [5.74, 6) is -0.187. The summed E-state index contributed by atoms with van der Waals surface area (Å²) >= 11 is 0. The van der Waals surface area contributed by atoms with Gasteiger partial charge in [0.25, 0.3) is 14.2 Å². The van der Waals surface area contributed by atoms with Gasteiger partial charge in [0.05, 0.1) is 12.6 Å². The first-order chi connectivity index (χ1) is 18.1. The molecule has 1 aliphatic heterocycles. The highest BCUT2D eigenvalue weighted by molar-refractivity contribution is 6.99. The number of hydrogen-bond acceptors (Lipinski definition) is 3. The van der Waals surface area contributed by atoms with Gasteiger partial charge in [0.1, 0.15) is 12.3 Å². The summed E-state index contributed by atoms with van der Waals surface area (Å²) in [7, 11) is -2.79. The van der Waals surface area contributed by atoms with Crippen LogP contribution in [-0.4, -0.2) is 50.2 Å². The molecule has 4 rings (SSSR count). The molecule has 3 atom stereocenters. The van der Waals surface area contributed by atoms with Gasteiger partial charge in [0.15, 0.2) is 0 Å². The Hall–Kier alpha value is -2.80. The molecule has 0 radical (unpaired) electrons. The number of rotatable bonds is 9. The second-order valence-corrected chi connectivity index (χ2v) is 15.8. The minimum Gasteiger partial charge on any atom is -0.405 e. The number of amides is 1.